The van der Waals surface area contributed by atoms with Crippen molar-refractivity contribution in [3.8, 4) is 0 Å². The van der Waals surface area contributed by atoms with Gasteiger partial charge in [0, 0.05) is 18.1 Å². The minimum absolute atomic E-state index is 0.271. The maximum Gasteiger partial charge on any atom is 0.00226 e. The van der Waals surface area contributed by atoms with E-state index >= 15 is 0 Å². The summed E-state index contributed by atoms with van der Waals surface area (Å²) < 4.78 is 0. The first-order valence-electron chi connectivity index (χ1n) is 6.41. The van der Waals surface area contributed by atoms with Crippen molar-refractivity contribution in [1.29, 1.82) is 0 Å². The summed E-state index contributed by atoms with van der Waals surface area (Å²) in [6, 6.07) is 0.814. The molecule has 0 bridgehead atoms. The van der Waals surface area contributed by atoms with Gasteiger partial charge in [0.25, 0.3) is 0 Å². The Kier molecular flexibility index (Phi) is 8.84. The molecule has 6 N–H and O–H groups in total. The van der Waals surface area contributed by atoms with E-state index in [0.29, 0.717) is 0 Å². The van der Waals surface area contributed by atoms with Gasteiger partial charge in [0.2, 0.25) is 0 Å². The van der Waals surface area contributed by atoms with E-state index < -0.39 is 0 Å². The van der Waals surface area contributed by atoms with Crippen molar-refractivity contribution in [3.63, 3.8) is 0 Å². The van der Waals surface area contributed by atoms with Gasteiger partial charge in [0.15, 0.2) is 0 Å². The molecule has 0 heterocycles. The van der Waals surface area contributed by atoms with Crippen LogP contribution in [0.2, 0.25) is 0 Å². The zero-order chi connectivity index (χ0) is 12.6. The summed E-state index contributed by atoms with van der Waals surface area (Å²) in [5.74, 6) is 0. The molecule has 98 valence electrons. The molecular weight excluding hydrogens is 200 g/mol. The summed E-state index contributed by atoms with van der Waals surface area (Å²) in [5, 5.41) is 0. The Morgan fingerprint density at radius 1 is 0.688 bits per heavy atom. The predicted molar refractivity (Wildman–Crippen MR) is 71.2 cm³/mol. The second-order valence-corrected chi connectivity index (χ2v) is 5.14. The zero-order valence-corrected chi connectivity index (χ0v) is 11.2. The Morgan fingerprint density at radius 3 is 1.12 bits per heavy atom. The maximum atomic E-state index is 5.78. The van der Waals surface area contributed by atoms with E-state index in [1.54, 1.807) is 0 Å². The first kappa shape index (κ1) is 15.8. The van der Waals surface area contributed by atoms with Gasteiger partial charge in [-0.05, 0) is 59.7 Å². The third-order valence-electron chi connectivity index (χ3n) is 2.70. The van der Waals surface area contributed by atoms with Gasteiger partial charge in [-0.25, -0.2) is 0 Å². The summed E-state index contributed by atoms with van der Waals surface area (Å²) >= 11 is 0. The molecule has 16 heavy (non-hydrogen) atoms. The van der Waals surface area contributed by atoms with Crippen LogP contribution in [0.1, 0.15) is 40.0 Å². The molecule has 3 unspecified atom stereocenters. The van der Waals surface area contributed by atoms with Gasteiger partial charge in [-0.1, -0.05) is 0 Å². The van der Waals surface area contributed by atoms with E-state index in [-0.39, 0.29) is 18.1 Å². The van der Waals surface area contributed by atoms with E-state index in [4.69, 9.17) is 17.2 Å². The fourth-order valence-electron chi connectivity index (χ4n) is 1.49. The lowest BCUT2D eigenvalue weighted by Gasteiger charge is -2.24. The van der Waals surface area contributed by atoms with Crippen molar-refractivity contribution in [2.75, 3.05) is 19.6 Å². The van der Waals surface area contributed by atoms with Crippen LogP contribution in [0.25, 0.3) is 0 Å². The Balaban J connectivity index is 3.85. The lowest BCUT2D eigenvalue weighted by molar-refractivity contribution is 0.248. The molecular formula is C12H30N4. The Bertz CT molecular complexity index is 129. The molecule has 0 aliphatic carbocycles. The summed E-state index contributed by atoms with van der Waals surface area (Å²) in [7, 11) is 0. The molecule has 0 saturated carbocycles. The van der Waals surface area contributed by atoms with Crippen LogP contribution in [0, 0.1) is 0 Å². The summed E-state index contributed by atoms with van der Waals surface area (Å²) in [6.45, 7) is 9.31. The molecule has 0 spiro atoms. The summed E-state index contributed by atoms with van der Waals surface area (Å²) in [4.78, 5) is 2.43. The monoisotopic (exact) mass is 230 g/mol. The third kappa shape index (κ3) is 10.4. The molecule has 3 atom stereocenters. The largest absolute Gasteiger partial charge is 0.328 e. The smallest absolute Gasteiger partial charge is 0.00226 e. The van der Waals surface area contributed by atoms with Gasteiger partial charge < -0.3 is 22.1 Å². The molecule has 0 amide bonds. The topological polar surface area (TPSA) is 81.3 Å². The maximum absolute atomic E-state index is 5.78. The van der Waals surface area contributed by atoms with Gasteiger partial charge in [-0.2, -0.15) is 0 Å². The van der Waals surface area contributed by atoms with E-state index in [2.05, 4.69) is 25.7 Å². The van der Waals surface area contributed by atoms with Crippen LogP contribution < -0.4 is 17.2 Å². The van der Waals surface area contributed by atoms with Crippen LogP contribution >= 0.6 is 0 Å². The molecule has 0 aromatic rings. The second kappa shape index (κ2) is 8.93. The summed E-state index contributed by atoms with van der Waals surface area (Å²) in [5.41, 5.74) is 17.3. The van der Waals surface area contributed by atoms with E-state index in [9.17, 15) is 0 Å². The lowest BCUT2D eigenvalue weighted by Crippen LogP contribution is -2.35. The average Bonchev–Trinajstić information content (AvgIpc) is 2.15. The highest BCUT2D eigenvalue weighted by molar-refractivity contribution is 4.67. The Labute approximate surface area is 101 Å². The van der Waals surface area contributed by atoms with Crippen LogP contribution in [0.4, 0.5) is 0 Å². The van der Waals surface area contributed by atoms with Crippen molar-refractivity contribution in [2.45, 2.75) is 58.2 Å². The van der Waals surface area contributed by atoms with Crippen molar-refractivity contribution in [3.05, 3.63) is 0 Å². The number of rotatable bonds is 9. The molecule has 0 fully saturated rings. The minimum atomic E-state index is 0.271. The van der Waals surface area contributed by atoms with Crippen molar-refractivity contribution < 1.29 is 0 Å². The molecule has 0 aliphatic rings. The normalized spacial score (nSPS) is 17.4. The van der Waals surface area contributed by atoms with E-state index in [1.807, 2.05) is 0 Å². The fourth-order valence-corrected chi connectivity index (χ4v) is 1.49. The SMILES string of the molecule is CC(N)CCN(CCC(C)N)CCC(C)N. The van der Waals surface area contributed by atoms with Gasteiger partial charge in [-0.3, -0.25) is 0 Å². The van der Waals surface area contributed by atoms with E-state index in [1.165, 1.54) is 0 Å². The molecule has 0 radical (unpaired) electrons. The highest BCUT2D eigenvalue weighted by Gasteiger charge is 2.08. The standard InChI is InChI=1S/C12H30N4/c1-10(13)4-7-16(8-5-11(2)14)9-6-12(3)15/h10-12H,4-9,13-15H2,1-3H3. The quantitative estimate of drug-likeness (QED) is 0.539. The molecule has 0 aliphatic heterocycles. The van der Waals surface area contributed by atoms with Gasteiger partial charge in [0.1, 0.15) is 0 Å². The van der Waals surface area contributed by atoms with Crippen LogP contribution in [0.3, 0.4) is 0 Å². The molecule has 4 heteroatoms. The fraction of sp³-hybridized carbons (Fsp3) is 1.00. The highest BCUT2D eigenvalue weighted by Crippen LogP contribution is 2.01. The number of hydrogen-bond donors (Lipinski definition) is 3. The predicted octanol–water partition coefficient (Wildman–Crippen LogP) is 0.500. The zero-order valence-electron chi connectivity index (χ0n) is 11.2. The molecule has 0 aromatic heterocycles. The number of hydrogen-bond acceptors (Lipinski definition) is 4. The van der Waals surface area contributed by atoms with Crippen LogP contribution in [-0.4, -0.2) is 42.7 Å². The molecule has 4 nitrogen and oxygen atoms in total. The Morgan fingerprint density at radius 2 is 0.938 bits per heavy atom. The van der Waals surface area contributed by atoms with E-state index in [0.717, 1.165) is 38.9 Å². The summed E-state index contributed by atoms with van der Waals surface area (Å²) in [6.07, 6.45) is 3.12. The van der Waals surface area contributed by atoms with Crippen LogP contribution in [0.15, 0.2) is 0 Å². The molecule has 0 rings (SSSR count). The molecule has 0 aromatic carbocycles. The lowest BCUT2D eigenvalue weighted by atomic mass is 10.2. The highest BCUT2D eigenvalue weighted by atomic mass is 15.1. The first-order valence-corrected chi connectivity index (χ1v) is 6.41. The van der Waals surface area contributed by atoms with Gasteiger partial charge in [0.05, 0.1) is 0 Å². The second-order valence-electron chi connectivity index (χ2n) is 5.14. The van der Waals surface area contributed by atoms with Gasteiger partial charge >= 0.3 is 0 Å². The third-order valence-corrected chi connectivity index (χ3v) is 2.70. The van der Waals surface area contributed by atoms with Gasteiger partial charge in [-0.15, -0.1) is 0 Å². The van der Waals surface area contributed by atoms with Crippen LogP contribution in [-0.2, 0) is 0 Å². The van der Waals surface area contributed by atoms with Crippen LogP contribution in [0.5, 0.6) is 0 Å². The minimum Gasteiger partial charge on any atom is -0.328 e. The van der Waals surface area contributed by atoms with Crippen molar-refractivity contribution >= 4 is 0 Å². The molecule has 0 saturated heterocycles. The average molecular weight is 230 g/mol. The Hall–Kier alpha value is -0.160. The van der Waals surface area contributed by atoms with Crippen molar-refractivity contribution in [2.24, 2.45) is 17.2 Å². The number of nitrogens with two attached hydrogens (primary N) is 3. The first-order chi connectivity index (χ1) is 7.41. The van der Waals surface area contributed by atoms with Crippen molar-refractivity contribution in [1.82, 2.24) is 4.90 Å². The number of nitrogens with zero attached hydrogens (tertiary/aromatic N) is 1.